The van der Waals surface area contributed by atoms with Gasteiger partial charge < -0.3 is 19.6 Å². The first-order chi connectivity index (χ1) is 10.9. The second kappa shape index (κ2) is 5.69. The van der Waals surface area contributed by atoms with Crippen molar-refractivity contribution < 1.29 is 14.6 Å². The Bertz CT molecular complexity index is 838. The number of hydrogen-bond acceptors (Lipinski definition) is 5. The molecule has 0 amide bonds. The van der Waals surface area contributed by atoms with Crippen LogP contribution in [-0.4, -0.2) is 21.8 Å². The van der Waals surface area contributed by atoms with Crippen molar-refractivity contribution >= 4 is 12.2 Å². The Morgan fingerprint density at radius 1 is 1.35 bits per heavy atom. The lowest BCUT2D eigenvalue weighted by Crippen LogP contribution is -2.50. The molecule has 0 bridgehead atoms. The van der Waals surface area contributed by atoms with Gasteiger partial charge in [0.25, 0.3) is 0 Å². The summed E-state index contributed by atoms with van der Waals surface area (Å²) < 4.78 is 12.4. The number of nitrogens with one attached hydrogen (secondary N) is 1. The van der Waals surface area contributed by atoms with Crippen LogP contribution in [0.25, 0.3) is 0 Å². The van der Waals surface area contributed by atoms with Crippen LogP contribution in [0.3, 0.4) is 0 Å². The monoisotopic (exact) mass is 328 g/mol. The summed E-state index contributed by atoms with van der Waals surface area (Å²) in [5.74, 6) is 1.15. The topological polar surface area (TPSA) is 78.3 Å². The van der Waals surface area contributed by atoms with Gasteiger partial charge in [-0.05, 0) is 38.1 Å². The van der Waals surface area contributed by atoms with Gasteiger partial charge in [-0.3, -0.25) is 0 Å². The van der Waals surface area contributed by atoms with Gasteiger partial charge in [-0.15, -0.1) is 0 Å². The number of H-pyrrole nitrogens is 1. The Morgan fingerprint density at radius 3 is 2.83 bits per heavy atom. The van der Waals surface area contributed by atoms with E-state index in [1.165, 1.54) is 0 Å². The van der Waals surface area contributed by atoms with Crippen LogP contribution >= 0.6 is 12.2 Å². The second-order valence-corrected chi connectivity index (χ2v) is 6.38. The highest BCUT2D eigenvalue weighted by molar-refractivity contribution is 7.71. The zero-order valence-corrected chi connectivity index (χ0v) is 13.6. The second-order valence-electron chi connectivity index (χ2n) is 5.94. The van der Waals surface area contributed by atoms with E-state index in [0.717, 1.165) is 0 Å². The number of aliphatic hydroxyl groups excluding tert-OH is 1. The lowest BCUT2D eigenvalue weighted by Gasteiger charge is -2.41. The number of aliphatic hydroxyl groups is 1. The number of aromatic nitrogens is 1. The van der Waals surface area contributed by atoms with E-state index >= 15 is 0 Å². The average molecular weight is 328 g/mol. The third-order valence-electron chi connectivity index (χ3n) is 3.83. The van der Waals surface area contributed by atoms with Crippen LogP contribution < -0.4 is 9.47 Å². The molecule has 2 heterocycles. The van der Waals surface area contributed by atoms with E-state index in [2.05, 4.69) is 11.1 Å². The molecule has 1 aliphatic heterocycles. The molecular weight excluding hydrogens is 312 g/mol. The van der Waals surface area contributed by atoms with E-state index in [1.807, 2.05) is 0 Å². The van der Waals surface area contributed by atoms with Gasteiger partial charge in [0.15, 0.2) is 6.10 Å². The molecule has 2 N–H and O–H groups in total. The van der Waals surface area contributed by atoms with Crippen LogP contribution in [0.5, 0.6) is 11.5 Å². The lowest BCUT2D eigenvalue weighted by molar-refractivity contribution is -0.103. The molecule has 0 fully saturated rings. The van der Waals surface area contributed by atoms with Crippen molar-refractivity contribution in [3.63, 3.8) is 0 Å². The molecule has 1 aliphatic rings. The van der Waals surface area contributed by atoms with Crippen molar-refractivity contribution in [2.45, 2.75) is 31.7 Å². The SMILES string of the molecule is CC1(C)Oc2ccc(C#N)cc2C(Oc2cc[nH]c(=S)c2)C1O. The molecule has 6 heteroatoms. The molecule has 5 nitrogen and oxygen atoms in total. The lowest BCUT2D eigenvalue weighted by atomic mass is 9.87. The molecule has 1 aromatic carbocycles. The van der Waals surface area contributed by atoms with Crippen molar-refractivity contribution in [3.8, 4) is 17.6 Å². The molecule has 2 aromatic rings. The minimum atomic E-state index is -0.901. The molecule has 1 aromatic heterocycles. The van der Waals surface area contributed by atoms with E-state index in [4.69, 9.17) is 27.0 Å². The third-order valence-corrected chi connectivity index (χ3v) is 4.06. The number of nitriles is 1. The summed E-state index contributed by atoms with van der Waals surface area (Å²) >= 11 is 5.09. The average Bonchev–Trinajstić information content (AvgIpc) is 2.51. The maximum Gasteiger partial charge on any atom is 0.157 e. The summed E-state index contributed by atoms with van der Waals surface area (Å²) in [6, 6.07) is 10.6. The first-order valence-electron chi connectivity index (χ1n) is 7.17. The van der Waals surface area contributed by atoms with Crippen LogP contribution in [0.1, 0.15) is 31.1 Å². The number of aromatic amines is 1. The number of fused-ring (bicyclic) bond motifs is 1. The predicted molar refractivity (Wildman–Crippen MR) is 86.9 cm³/mol. The van der Waals surface area contributed by atoms with Gasteiger partial charge in [0, 0.05) is 17.8 Å². The Kier molecular flexibility index (Phi) is 3.84. The minimum absolute atomic E-state index is 0.484. The summed E-state index contributed by atoms with van der Waals surface area (Å²) in [4.78, 5) is 2.88. The van der Waals surface area contributed by atoms with E-state index < -0.39 is 17.8 Å². The number of ether oxygens (including phenoxy) is 2. The van der Waals surface area contributed by atoms with Crippen LogP contribution in [0.4, 0.5) is 0 Å². The zero-order chi connectivity index (χ0) is 16.6. The first kappa shape index (κ1) is 15.5. The van der Waals surface area contributed by atoms with Gasteiger partial charge >= 0.3 is 0 Å². The zero-order valence-electron chi connectivity index (χ0n) is 12.7. The van der Waals surface area contributed by atoms with Gasteiger partial charge in [0.05, 0.1) is 11.6 Å². The molecule has 0 saturated carbocycles. The van der Waals surface area contributed by atoms with Gasteiger partial charge in [0.1, 0.15) is 27.8 Å². The Balaban J connectivity index is 2.07. The summed E-state index contributed by atoms with van der Waals surface area (Å²) in [5.41, 5.74) is 0.316. The molecule has 0 radical (unpaired) electrons. The van der Waals surface area contributed by atoms with Crippen molar-refractivity contribution in [2.24, 2.45) is 0 Å². The summed E-state index contributed by atoms with van der Waals surface area (Å²) in [6.45, 7) is 3.60. The van der Waals surface area contributed by atoms with E-state index in [0.29, 0.717) is 27.3 Å². The van der Waals surface area contributed by atoms with Crippen molar-refractivity contribution in [2.75, 3.05) is 0 Å². The molecule has 23 heavy (non-hydrogen) atoms. The van der Waals surface area contributed by atoms with Crippen molar-refractivity contribution in [1.82, 2.24) is 4.98 Å². The first-order valence-corrected chi connectivity index (χ1v) is 7.58. The fourth-order valence-corrected chi connectivity index (χ4v) is 2.77. The molecule has 2 atom stereocenters. The smallest absolute Gasteiger partial charge is 0.157 e. The van der Waals surface area contributed by atoms with Gasteiger partial charge in [-0.25, -0.2) is 0 Å². The van der Waals surface area contributed by atoms with E-state index in [1.54, 1.807) is 50.4 Å². The standard InChI is InChI=1S/C17H16N2O3S/c1-17(2)16(20)15(21-11-5-6-19-14(23)8-11)12-7-10(9-18)3-4-13(12)22-17/h3-8,15-16,20H,1-2H3,(H,19,23). The maximum atomic E-state index is 10.7. The van der Waals surface area contributed by atoms with Crippen LogP contribution in [0.2, 0.25) is 0 Å². The number of rotatable bonds is 2. The quantitative estimate of drug-likeness (QED) is 0.827. The normalized spacial score (nSPS) is 21.7. The number of hydrogen-bond donors (Lipinski definition) is 2. The highest BCUT2D eigenvalue weighted by Gasteiger charge is 2.44. The molecule has 2 unspecified atom stereocenters. The number of pyridine rings is 1. The Morgan fingerprint density at radius 2 is 2.13 bits per heavy atom. The molecule has 0 aliphatic carbocycles. The minimum Gasteiger partial charge on any atom is -0.485 e. The maximum absolute atomic E-state index is 10.7. The van der Waals surface area contributed by atoms with Crippen molar-refractivity contribution in [3.05, 3.63) is 52.3 Å². The van der Waals surface area contributed by atoms with Crippen molar-refractivity contribution in [1.29, 1.82) is 5.26 Å². The third kappa shape index (κ3) is 2.93. The van der Waals surface area contributed by atoms with Crippen LogP contribution in [0.15, 0.2) is 36.5 Å². The van der Waals surface area contributed by atoms with Gasteiger partial charge in [0.2, 0.25) is 0 Å². The highest BCUT2D eigenvalue weighted by Crippen LogP contribution is 2.42. The summed E-state index contributed by atoms with van der Waals surface area (Å²) in [7, 11) is 0. The predicted octanol–water partition coefficient (Wildman–Crippen LogP) is 3.27. The van der Waals surface area contributed by atoms with E-state index in [-0.39, 0.29) is 0 Å². The van der Waals surface area contributed by atoms with Gasteiger partial charge in [-0.2, -0.15) is 5.26 Å². The molecule has 118 valence electrons. The highest BCUT2D eigenvalue weighted by atomic mass is 32.1. The van der Waals surface area contributed by atoms with Crippen LogP contribution in [0, 0.1) is 16.0 Å². The Hall–Kier alpha value is -2.36. The fraction of sp³-hybridized carbons (Fsp3) is 0.294. The number of nitrogens with zero attached hydrogens (tertiary/aromatic N) is 1. The molecule has 0 spiro atoms. The number of benzene rings is 1. The van der Waals surface area contributed by atoms with Crippen LogP contribution in [-0.2, 0) is 0 Å². The largest absolute Gasteiger partial charge is 0.485 e. The molecule has 3 rings (SSSR count). The summed E-state index contributed by atoms with van der Waals surface area (Å²) in [5, 5.41) is 19.8. The fourth-order valence-electron chi connectivity index (χ4n) is 2.58. The molecular formula is C17H16N2O3S. The molecule has 0 saturated heterocycles. The Labute approximate surface area is 139 Å². The van der Waals surface area contributed by atoms with E-state index in [9.17, 15) is 5.11 Å². The summed E-state index contributed by atoms with van der Waals surface area (Å²) in [6.07, 6.45) is 0.127. The van der Waals surface area contributed by atoms with Gasteiger partial charge in [-0.1, -0.05) is 12.2 Å².